The van der Waals surface area contributed by atoms with Crippen molar-refractivity contribution in [1.29, 1.82) is 0 Å². The van der Waals surface area contributed by atoms with Crippen molar-refractivity contribution in [2.75, 3.05) is 20.1 Å². The Morgan fingerprint density at radius 1 is 1.44 bits per heavy atom. The molecular weight excluding hydrogens is 512 g/mol. The lowest BCUT2D eigenvalue weighted by Crippen LogP contribution is -2.68. The molecule has 1 spiro atoms. The van der Waals surface area contributed by atoms with Crippen molar-refractivity contribution in [2.24, 2.45) is 5.92 Å². The molecule has 1 amide bonds. The van der Waals surface area contributed by atoms with E-state index in [1.54, 1.807) is 23.5 Å². The van der Waals surface area contributed by atoms with Crippen LogP contribution in [0.2, 0.25) is 0 Å². The molecule has 1 N–H and O–H groups in total. The minimum Gasteiger partial charge on any atom is -0.504 e. The Bertz CT molecular complexity index is 1190. The van der Waals surface area contributed by atoms with E-state index in [4.69, 9.17) is 4.74 Å². The van der Waals surface area contributed by atoms with E-state index in [0.717, 1.165) is 48.1 Å². The molecule has 0 unspecified atom stereocenters. The molecule has 2 aliphatic heterocycles. The van der Waals surface area contributed by atoms with Gasteiger partial charge in [0.1, 0.15) is 6.10 Å². The third kappa shape index (κ3) is 3.16. The van der Waals surface area contributed by atoms with Gasteiger partial charge in [-0.1, -0.05) is 12.1 Å². The smallest absolute Gasteiger partial charge is 0.246 e. The van der Waals surface area contributed by atoms with E-state index in [9.17, 15) is 9.90 Å². The molecule has 1 saturated heterocycles. The average molecular weight is 542 g/mol. The van der Waals surface area contributed by atoms with E-state index in [0.29, 0.717) is 17.7 Å². The summed E-state index contributed by atoms with van der Waals surface area (Å²) >= 11 is 5.08. The second-order valence-electron chi connectivity index (χ2n) is 10.0. The number of phenolic OH excluding ortho intramolecular Hbond substituents is 1. The second-order valence-corrected chi connectivity index (χ2v) is 11.9. The predicted octanol–water partition coefficient (Wildman–Crippen LogP) is 4.98. The van der Waals surface area contributed by atoms with E-state index in [-0.39, 0.29) is 29.2 Å². The number of likely N-dealkylation sites (tertiary alicyclic amines) is 1. The molecular formula is C27H29BrN2O3S. The van der Waals surface area contributed by atoms with Gasteiger partial charge in [-0.2, -0.15) is 0 Å². The molecule has 3 heterocycles. The van der Waals surface area contributed by atoms with Crippen LogP contribution in [0.4, 0.5) is 0 Å². The molecule has 4 aliphatic rings. The van der Waals surface area contributed by atoms with Gasteiger partial charge in [0.15, 0.2) is 11.5 Å². The molecule has 34 heavy (non-hydrogen) atoms. The molecule has 2 bridgehead atoms. The molecule has 1 aromatic carbocycles. The molecule has 178 valence electrons. The number of halogens is 1. The highest BCUT2D eigenvalue weighted by atomic mass is 79.9. The molecule has 2 aromatic rings. The topological polar surface area (TPSA) is 53.0 Å². The Labute approximate surface area is 212 Å². The second kappa shape index (κ2) is 8.25. The summed E-state index contributed by atoms with van der Waals surface area (Å²) in [6.07, 6.45) is 9.34. The van der Waals surface area contributed by atoms with Crippen LogP contribution in [0.15, 0.2) is 46.8 Å². The van der Waals surface area contributed by atoms with Gasteiger partial charge in [0.2, 0.25) is 5.91 Å². The van der Waals surface area contributed by atoms with E-state index in [1.165, 1.54) is 11.1 Å². The van der Waals surface area contributed by atoms with Crippen LogP contribution in [0.25, 0.3) is 6.08 Å². The molecule has 1 saturated carbocycles. The number of benzene rings is 1. The van der Waals surface area contributed by atoms with Gasteiger partial charge in [-0.25, -0.2) is 0 Å². The fourth-order valence-electron chi connectivity index (χ4n) is 7.24. The molecule has 5 atom stereocenters. The number of carbonyl (C=O) groups excluding carboxylic acids is 1. The van der Waals surface area contributed by atoms with Gasteiger partial charge in [0.05, 0.1) is 6.04 Å². The van der Waals surface area contributed by atoms with Crippen molar-refractivity contribution in [3.05, 3.63) is 62.8 Å². The highest BCUT2D eigenvalue weighted by Crippen LogP contribution is 2.64. The first kappa shape index (κ1) is 22.4. The van der Waals surface area contributed by atoms with Crippen LogP contribution in [0.1, 0.15) is 35.3 Å². The molecule has 2 aliphatic carbocycles. The van der Waals surface area contributed by atoms with Crippen LogP contribution in [-0.2, 0) is 16.6 Å². The number of hydrogen-bond acceptors (Lipinski definition) is 5. The largest absolute Gasteiger partial charge is 0.504 e. The van der Waals surface area contributed by atoms with Gasteiger partial charge < -0.3 is 14.7 Å². The van der Waals surface area contributed by atoms with Gasteiger partial charge in [-0.3, -0.25) is 9.69 Å². The predicted molar refractivity (Wildman–Crippen MR) is 138 cm³/mol. The summed E-state index contributed by atoms with van der Waals surface area (Å²) in [6.45, 7) is 5.87. The van der Waals surface area contributed by atoms with Crippen molar-refractivity contribution in [1.82, 2.24) is 9.80 Å². The van der Waals surface area contributed by atoms with Crippen molar-refractivity contribution in [3.8, 4) is 11.5 Å². The standard InChI is InChI=1S/C27H29BrN2O3S/c1-3-11-30-12-10-27-19-6-7-20(29(2)23(32)9-5-18-14-17(28)15-34-18)26(27)33-25-22(31)8-4-16(24(25)27)13-21(19)30/h3-5,8-9,14-15,19-21,26,31H,1,6-7,10-13H2,2H3/b9-5+/t19-,20-,21+,26-,27-/m0/s1. The number of carbonyl (C=O) groups is 1. The maximum absolute atomic E-state index is 13.2. The number of piperidine rings is 1. The van der Waals surface area contributed by atoms with E-state index < -0.39 is 0 Å². The number of likely N-dealkylation sites (N-methyl/N-ethyl adjacent to an activating group) is 1. The lowest BCUT2D eigenvalue weighted by atomic mass is 9.51. The quantitative estimate of drug-likeness (QED) is 0.429. The highest BCUT2D eigenvalue weighted by Gasteiger charge is 2.66. The van der Waals surface area contributed by atoms with Crippen LogP contribution < -0.4 is 4.74 Å². The lowest BCUT2D eigenvalue weighted by molar-refractivity contribution is -0.135. The minimum absolute atomic E-state index is 0.00942. The number of thiophene rings is 1. The van der Waals surface area contributed by atoms with Gasteiger partial charge in [-0.05, 0) is 77.8 Å². The Morgan fingerprint density at radius 3 is 3.06 bits per heavy atom. The fourth-order valence-corrected chi connectivity index (χ4v) is 8.57. The molecule has 1 aromatic heterocycles. The summed E-state index contributed by atoms with van der Waals surface area (Å²) in [7, 11) is 1.90. The van der Waals surface area contributed by atoms with Gasteiger partial charge in [0, 0.05) is 51.4 Å². The summed E-state index contributed by atoms with van der Waals surface area (Å²) in [5.41, 5.74) is 2.37. The maximum atomic E-state index is 13.2. The SMILES string of the molecule is C=CCN1CC[C@]23c4c5ccc(O)c4O[C@H]2[C@@H](N(C)C(=O)/C=C/c2cc(Br)cs2)CC[C@H]3[C@H]1C5. The van der Waals surface area contributed by atoms with Crippen LogP contribution in [0, 0.1) is 5.92 Å². The molecule has 2 fully saturated rings. The lowest BCUT2D eigenvalue weighted by Gasteiger charge is -2.60. The van der Waals surface area contributed by atoms with E-state index >= 15 is 0 Å². The zero-order valence-electron chi connectivity index (χ0n) is 19.2. The van der Waals surface area contributed by atoms with Crippen molar-refractivity contribution in [3.63, 3.8) is 0 Å². The third-order valence-corrected chi connectivity index (χ3v) is 10.2. The first-order valence-corrected chi connectivity index (χ1v) is 13.7. The van der Waals surface area contributed by atoms with Crippen LogP contribution in [0.3, 0.4) is 0 Å². The summed E-state index contributed by atoms with van der Waals surface area (Å²) < 4.78 is 7.67. The monoisotopic (exact) mass is 540 g/mol. The van der Waals surface area contributed by atoms with Crippen LogP contribution >= 0.6 is 27.3 Å². The van der Waals surface area contributed by atoms with Crippen molar-refractivity contribution in [2.45, 2.75) is 49.3 Å². The molecule has 7 heteroatoms. The number of rotatable bonds is 5. The molecule has 5 nitrogen and oxygen atoms in total. The number of ether oxygens (including phenoxy) is 1. The Balaban J connectivity index is 1.36. The van der Waals surface area contributed by atoms with E-state index in [1.807, 2.05) is 35.5 Å². The zero-order valence-corrected chi connectivity index (χ0v) is 21.6. The first-order chi connectivity index (χ1) is 16.4. The maximum Gasteiger partial charge on any atom is 0.246 e. The number of phenols is 1. The number of nitrogens with zero attached hydrogens (tertiary/aromatic N) is 2. The molecule has 0 radical (unpaired) electrons. The highest BCUT2D eigenvalue weighted by molar-refractivity contribution is 9.10. The minimum atomic E-state index is -0.149. The zero-order chi connectivity index (χ0) is 23.6. The Morgan fingerprint density at radius 2 is 2.29 bits per heavy atom. The summed E-state index contributed by atoms with van der Waals surface area (Å²) in [6, 6.07) is 6.29. The number of hydrogen-bond donors (Lipinski definition) is 1. The number of amides is 1. The van der Waals surface area contributed by atoms with Crippen LogP contribution in [0.5, 0.6) is 11.5 Å². The van der Waals surface area contributed by atoms with E-state index in [2.05, 4.69) is 33.5 Å². The van der Waals surface area contributed by atoms with Gasteiger partial charge in [-0.15, -0.1) is 17.9 Å². The Hall–Kier alpha value is -2.09. The Kier molecular flexibility index (Phi) is 5.43. The fraction of sp³-hybridized carbons (Fsp3) is 0.444. The number of aromatic hydroxyl groups is 1. The summed E-state index contributed by atoms with van der Waals surface area (Å²) in [4.78, 5) is 18.7. The first-order valence-electron chi connectivity index (χ1n) is 12.0. The van der Waals surface area contributed by atoms with Crippen LogP contribution in [-0.4, -0.2) is 59.1 Å². The van der Waals surface area contributed by atoms with Gasteiger partial charge >= 0.3 is 0 Å². The summed E-state index contributed by atoms with van der Waals surface area (Å²) in [5.74, 6) is 1.34. The average Bonchev–Trinajstić information content (AvgIpc) is 3.41. The normalized spacial score (nSPS) is 31.2. The summed E-state index contributed by atoms with van der Waals surface area (Å²) in [5, 5.41) is 12.8. The van der Waals surface area contributed by atoms with Crippen molar-refractivity contribution >= 4 is 39.2 Å². The molecule has 6 rings (SSSR count). The van der Waals surface area contributed by atoms with Crippen molar-refractivity contribution < 1.29 is 14.6 Å². The third-order valence-electron chi connectivity index (χ3n) is 8.59. The van der Waals surface area contributed by atoms with Gasteiger partial charge in [0.25, 0.3) is 0 Å².